The zero-order valence-electron chi connectivity index (χ0n) is 15.8. The highest BCUT2D eigenvalue weighted by Gasteiger charge is 2.15. The van der Waals surface area contributed by atoms with Gasteiger partial charge in [0.05, 0.1) is 0 Å². The van der Waals surface area contributed by atoms with Crippen LogP contribution in [-0.4, -0.2) is 22.2 Å². The van der Waals surface area contributed by atoms with Crippen LogP contribution in [0.3, 0.4) is 0 Å². The van der Waals surface area contributed by atoms with E-state index in [4.69, 9.17) is 9.15 Å². The number of nitrogens with one attached hydrogen (secondary N) is 1. The van der Waals surface area contributed by atoms with E-state index in [2.05, 4.69) is 15.5 Å². The van der Waals surface area contributed by atoms with E-state index in [0.29, 0.717) is 23.2 Å². The number of hydrogen-bond donors (Lipinski definition) is 1. The van der Waals surface area contributed by atoms with Gasteiger partial charge in [-0.15, -0.1) is 10.2 Å². The van der Waals surface area contributed by atoms with E-state index in [0.717, 1.165) is 11.1 Å². The fourth-order valence-electron chi connectivity index (χ4n) is 2.73. The summed E-state index contributed by atoms with van der Waals surface area (Å²) in [5.41, 5.74) is 2.29. The summed E-state index contributed by atoms with van der Waals surface area (Å²) in [4.78, 5) is 12.4. The lowest BCUT2D eigenvalue weighted by molar-refractivity contribution is -0.122. The number of aromatic nitrogens is 2. The molecule has 1 N–H and O–H groups in total. The van der Waals surface area contributed by atoms with Crippen LogP contribution in [0.1, 0.15) is 6.92 Å². The first-order valence-electron chi connectivity index (χ1n) is 9.21. The summed E-state index contributed by atoms with van der Waals surface area (Å²) in [6.07, 6.45) is -0.624. The van der Waals surface area contributed by atoms with E-state index < -0.39 is 6.10 Å². The topological polar surface area (TPSA) is 77.2 Å². The zero-order chi connectivity index (χ0) is 20.1. The second kappa shape index (κ2) is 8.39. The summed E-state index contributed by atoms with van der Waals surface area (Å²) < 4.78 is 11.4. The van der Waals surface area contributed by atoms with Crippen molar-refractivity contribution in [2.45, 2.75) is 13.0 Å². The lowest BCUT2D eigenvalue weighted by Crippen LogP contribution is -2.30. The average Bonchev–Trinajstić information content (AvgIpc) is 3.26. The number of carbonyl (C=O) groups excluding carboxylic acids is 1. The molecule has 0 spiro atoms. The number of amides is 1. The molecular weight excluding hydrogens is 366 g/mol. The molecule has 4 rings (SSSR count). The van der Waals surface area contributed by atoms with E-state index in [-0.39, 0.29) is 5.91 Å². The summed E-state index contributed by atoms with van der Waals surface area (Å²) >= 11 is 0. The van der Waals surface area contributed by atoms with Crippen molar-refractivity contribution in [1.82, 2.24) is 10.2 Å². The van der Waals surface area contributed by atoms with Gasteiger partial charge in [-0.3, -0.25) is 4.79 Å². The minimum absolute atomic E-state index is 0.231. The van der Waals surface area contributed by atoms with Crippen molar-refractivity contribution < 1.29 is 13.9 Å². The van der Waals surface area contributed by atoms with Gasteiger partial charge in [-0.25, -0.2) is 0 Å². The molecule has 3 aromatic carbocycles. The number of ether oxygens (including phenoxy) is 1. The van der Waals surface area contributed by atoms with E-state index in [1.807, 2.05) is 72.8 Å². The molecule has 0 fully saturated rings. The van der Waals surface area contributed by atoms with Gasteiger partial charge in [0.1, 0.15) is 5.75 Å². The average molecular weight is 385 g/mol. The third-order valence-electron chi connectivity index (χ3n) is 4.27. The summed E-state index contributed by atoms with van der Waals surface area (Å²) in [7, 11) is 0. The van der Waals surface area contributed by atoms with Crippen LogP contribution in [0, 0.1) is 0 Å². The van der Waals surface area contributed by atoms with Crippen molar-refractivity contribution in [3.8, 4) is 28.7 Å². The van der Waals surface area contributed by atoms with Gasteiger partial charge in [0, 0.05) is 16.8 Å². The fraction of sp³-hybridized carbons (Fsp3) is 0.0870. The van der Waals surface area contributed by atoms with Crippen LogP contribution in [-0.2, 0) is 4.79 Å². The fourth-order valence-corrected chi connectivity index (χ4v) is 2.73. The maximum Gasteiger partial charge on any atom is 0.265 e. The van der Waals surface area contributed by atoms with Crippen molar-refractivity contribution in [1.29, 1.82) is 0 Å². The lowest BCUT2D eigenvalue weighted by atomic mass is 10.2. The Balaban J connectivity index is 1.40. The number of carbonyl (C=O) groups is 1. The normalized spacial score (nSPS) is 11.6. The predicted octanol–water partition coefficient (Wildman–Crippen LogP) is 4.81. The minimum atomic E-state index is -0.624. The molecule has 0 bridgehead atoms. The predicted molar refractivity (Wildman–Crippen MR) is 110 cm³/mol. The molecule has 0 saturated heterocycles. The summed E-state index contributed by atoms with van der Waals surface area (Å²) in [6.45, 7) is 1.71. The Morgan fingerprint density at radius 2 is 1.38 bits per heavy atom. The van der Waals surface area contributed by atoms with Crippen LogP contribution in [0.5, 0.6) is 5.75 Å². The highest BCUT2D eigenvalue weighted by molar-refractivity contribution is 5.94. The number of hydrogen-bond acceptors (Lipinski definition) is 5. The van der Waals surface area contributed by atoms with Crippen LogP contribution in [0.25, 0.3) is 22.9 Å². The molecule has 1 heterocycles. The first-order valence-corrected chi connectivity index (χ1v) is 9.21. The van der Waals surface area contributed by atoms with Gasteiger partial charge in [-0.1, -0.05) is 36.4 Å². The van der Waals surface area contributed by atoms with Gasteiger partial charge in [0.15, 0.2) is 6.10 Å². The molecule has 1 amide bonds. The van der Waals surface area contributed by atoms with Crippen molar-refractivity contribution in [3.63, 3.8) is 0 Å². The molecule has 0 aliphatic heterocycles. The van der Waals surface area contributed by atoms with Crippen LogP contribution in [0.2, 0.25) is 0 Å². The van der Waals surface area contributed by atoms with Crippen LogP contribution in [0.15, 0.2) is 89.3 Å². The summed E-state index contributed by atoms with van der Waals surface area (Å²) in [5, 5.41) is 11.0. The molecule has 1 aromatic heterocycles. The standard InChI is InChI=1S/C23H19N3O3/c1-16(28-20-10-6-3-7-11-20)21(27)24-19-14-12-18(13-15-19)23-26-25-22(29-23)17-8-4-2-5-9-17/h2-16H,1H3,(H,24,27)/t16-/m1/s1. The van der Waals surface area contributed by atoms with Gasteiger partial charge in [0.2, 0.25) is 11.8 Å². The Hall–Kier alpha value is -3.93. The number of para-hydroxylation sites is 1. The van der Waals surface area contributed by atoms with E-state index in [1.165, 1.54) is 0 Å². The highest BCUT2D eigenvalue weighted by atomic mass is 16.5. The van der Waals surface area contributed by atoms with Crippen molar-refractivity contribution >= 4 is 11.6 Å². The first kappa shape index (κ1) is 18.4. The molecule has 0 saturated carbocycles. The third-order valence-corrected chi connectivity index (χ3v) is 4.27. The Labute approximate surface area is 168 Å². The van der Waals surface area contributed by atoms with E-state index in [1.54, 1.807) is 19.1 Å². The monoisotopic (exact) mass is 385 g/mol. The molecule has 0 radical (unpaired) electrons. The van der Waals surface area contributed by atoms with Gasteiger partial charge < -0.3 is 14.5 Å². The molecule has 1 atom stereocenters. The maximum absolute atomic E-state index is 12.4. The smallest absolute Gasteiger partial charge is 0.265 e. The largest absolute Gasteiger partial charge is 0.481 e. The van der Waals surface area contributed by atoms with Gasteiger partial charge in [-0.05, 0) is 55.5 Å². The number of nitrogens with zero attached hydrogens (tertiary/aromatic N) is 2. The first-order chi connectivity index (χ1) is 14.2. The van der Waals surface area contributed by atoms with Gasteiger partial charge in [0.25, 0.3) is 5.91 Å². The van der Waals surface area contributed by atoms with Crippen molar-refractivity contribution in [2.24, 2.45) is 0 Å². The molecular formula is C23H19N3O3. The molecule has 144 valence electrons. The molecule has 0 aliphatic rings. The van der Waals surface area contributed by atoms with Crippen LogP contribution in [0.4, 0.5) is 5.69 Å². The minimum Gasteiger partial charge on any atom is -0.481 e. The van der Waals surface area contributed by atoms with E-state index >= 15 is 0 Å². The quantitative estimate of drug-likeness (QED) is 0.515. The second-order valence-electron chi connectivity index (χ2n) is 6.42. The van der Waals surface area contributed by atoms with Crippen molar-refractivity contribution in [3.05, 3.63) is 84.9 Å². The lowest BCUT2D eigenvalue weighted by Gasteiger charge is -2.14. The highest BCUT2D eigenvalue weighted by Crippen LogP contribution is 2.24. The zero-order valence-corrected chi connectivity index (χ0v) is 15.8. The number of anilines is 1. The summed E-state index contributed by atoms with van der Waals surface area (Å²) in [5.74, 6) is 1.30. The second-order valence-corrected chi connectivity index (χ2v) is 6.42. The molecule has 6 heteroatoms. The molecule has 0 unspecified atom stereocenters. The Morgan fingerprint density at radius 1 is 0.828 bits per heavy atom. The van der Waals surface area contributed by atoms with E-state index in [9.17, 15) is 4.79 Å². The third kappa shape index (κ3) is 4.50. The number of benzene rings is 3. The van der Waals surface area contributed by atoms with Gasteiger partial charge in [-0.2, -0.15) is 0 Å². The SMILES string of the molecule is C[C@@H](Oc1ccccc1)C(=O)Nc1ccc(-c2nnc(-c3ccccc3)o2)cc1. The molecule has 29 heavy (non-hydrogen) atoms. The summed E-state index contributed by atoms with van der Waals surface area (Å²) in [6, 6.07) is 26.0. The molecule has 6 nitrogen and oxygen atoms in total. The number of rotatable bonds is 6. The maximum atomic E-state index is 12.4. The van der Waals surface area contributed by atoms with Gasteiger partial charge >= 0.3 is 0 Å². The molecule has 4 aromatic rings. The Morgan fingerprint density at radius 3 is 2.00 bits per heavy atom. The van der Waals surface area contributed by atoms with Crippen molar-refractivity contribution in [2.75, 3.05) is 5.32 Å². The Bertz CT molecular complexity index is 1080. The van der Waals surface area contributed by atoms with Crippen LogP contribution < -0.4 is 10.1 Å². The Kier molecular flexibility index (Phi) is 5.33. The molecule has 0 aliphatic carbocycles. The van der Waals surface area contributed by atoms with Crippen LogP contribution >= 0.6 is 0 Å².